The number of rotatable bonds is 30. The van der Waals surface area contributed by atoms with Crippen molar-refractivity contribution in [3.05, 3.63) is 78.1 Å². The van der Waals surface area contributed by atoms with Crippen molar-refractivity contribution in [3.63, 3.8) is 0 Å². The van der Waals surface area contributed by atoms with E-state index in [0.717, 1.165) is 49.6 Å². The molecule has 1 aromatic heterocycles. The lowest BCUT2D eigenvalue weighted by atomic mass is 9.91. The van der Waals surface area contributed by atoms with Crippen molar-refractivity contribution in [1.29, 1.82) is 0 Å². The van der Waals surface area contributed by atoms with E-state index in [2.05, 4.69) is 71.7 Å². The molecule has 1 saturated heterocycles. The number of carbonyl (C=O) groups excluding carboxylic acids is 21. The first kappa shape index (κ1) is 105. The fourth-order valence-corrected chi connectivity index (χ4v) is 11.8. The molecule has 0 radical (unpaired) electrons. The molecule has 19 N–H and O–H groups in total. The number of hydrogen-bond donors (Lipinski definition) is 16. The van der Waals surface area contributed by atoms with Crippen LogP contribution in [0.3, 0.4) is 0 Å². The van der Waals surface area contributed by atoms with Gasteiger partial charge in [0.1, 0.15) is 47.9 Å². The molecule has 0 spiro atoms. The van der Waals surface area contributed by atoms with Gasteiger partial charge < -0.3 is 95.1 Å². The van der Waals surface area contributed by atoms with Gasteiger partial charge in [-0.2, -0.15) is 28.8 Å². The standard InChI is InChI=1S/C49H73N11O16.C26H39N3O3.3CO2/c1-23(2)41-26(5)54-34(19-36(63)31-12-9-10-13-32(31)51)49(75)76-29(8)42(60-46(72)30(17-25(4)62)18-40(67)68)48(74)53-21-38(65)57-33(14-11-15-50)37(64)16-24(3)43(69)55-28(7)45(71)56-27(6)44(70)52-20-39(66)58-35(22-61)47(73)59-41;1-3-4-5-6-7-8-9-12-22(30)17-20(26(32)29-19(2)15-25(27)31)16-21-18-28-24-14-11-10-13-23(21)24;3*2-1-3/h9-10,12-13,23-24,27-30,33-35,41-42,54,61H,5,11,14-22,50-51H2,1-4,6-8H3,(H,52,70)(H,53,74)(H,55,69)(H,56,71)(H,57,65)(H,58,66)(H,59,73)(H,60,72)(H,67,68);10-11,13-14,18-20,28H,3-9,12,15-17H2,1-2H3,(H2,27,31)(H,29,32);;;. The van der Waals surface area contributed by atoms with Crippen LogP contribution in [-0.4, -0.2) is 208 Å². The van der Waals surface area contributed by atoms with Gasteiger partial charge in [0.15, 0.2) is 11.6 Å². The van der Waals surface area contributed by atoms with Gasteiger partial charge in [-0.3, -0.25) is 67.1 Å². The smallest absolute Gasteiger partial charge is 0.373 e. The molecule has 644 valence electrons. The van der Waals surface area contributed by atoms with Gasteiger partial charge in [0.2, 0.25) is 59.1 Å². The number of H-pyrrole nitrogens is 1. The molecule has 10 amide bonds. The van der Waals surface area contributed by atoms with Gasteiger partial charge in [-0.15, -0.1) is 0 Å². The van der Waals surface area contributed by atoms with Gasteiger partial charge in [0.25, 0.3) is 0 Å². The van der Waals surface area contributed by atoms with Crippen LogP contribution in [0.2, 0.25) is 0 Å². The highest BCUT2D eigenvalue weighted by Crippen LogP contribution is 2.25. The molecular formula is C78H112N14O25. The number of hydrogen-bond acceptors (Lipinski definition) is 27. The van der Waals surface area contributed by atoms with Crippen molar-refractivity contribution in [2.45, 2.75) is 226 Å². The minimum absolute atomic E-state index is 0.00979. The fourth-order valence-electron chi connectivity index (χ4n) is 11.8. The Morgan fingerprint density at radius 3 is 1.76 bits per heavy atom. The van der Waals surface area contributed by atoms with Crippen LogP contribution in [0.15, 0.2) is 67.0 Å². The van der Waals surface area contributed by atoms with Crippen molar-refractivity contribution < 1.29 is 120 Å². The first-order valence-corrected chi connectivity index (χ1v) is 37.8. The molecule has 1 aliphatic rings. The average molecular weight is 1650 g/mol. The van der Waals surface area contributed by atoms with Crippen molar-refractivity contribution in [1.82, 2.24) is 58.2 Å². The lowest BCUT2D eigenvalue weighted by Crippen LogP contribution is -2.57. The van der Waals surface area contributed by atoms with E-state index in [4.69, 9.17) is 50.7 Å². The molecular weight excluding hydrogens is 1530 g/mol. The summed E-state index contributed by atoms with van der Waals surface area (Å²) in [6.07, 6.45) is 7.93. The molecule has 39 nitrogen and oxygen atoms in total. The summed E-state index contributed by atoms with van der Waals surface area (Å²) in [5.74, 6) is -16.4. The summed E-state index contributed by atoms with van der Waals surface area (Å²) in [5.41, 5.74) is 19.0. The maximum absolute atomic E-state index is 14.3. The van der Waals surface area contributed by atoms with Crippen LogP contribution in [0.1, 0.15) is 181 Å². The number of aliphatic hydroxyl groups excluding tert-OH is 1. The molecule has 39 heteroatoms. The summed E-state index contributed by atoms with van der Waals surface area (Å²) < 4.78 is 5.72. The first-order chi connectivity index (χ1) is 55.2. The molecule has 1 fully saturated rings. The number of esters is 1. The Labute approximate surface area is 676 Å². The lowest BCUT2D eigenvalue weighted by Gasteiger charge is -2.31. The number of Topliss-reactive ketones (excluding diaryl/α,β-unsaturated/α-hetero) is 4. The van der Waals surface area contributed by atoms with Crippen molar-refractivity contribution in [3.8, 4) is 0 Å². The maximum Gasteiger partial charge on any atom is 0.373 e. The number of nitrogen functional groups attached to an aromatic ring is 1. The Morgan fingerprint density at radius 2 is 1.20 bits per heavy atom. The number of carboxylic acid groups (broad SMARTS) is 1. The third-order valence-corrected chi connectivity index (χ3v) is 17.8. The average Bonchev–Trinajstić information content (AvgIpc) is 1.72. The van der Waals surface area contributed by atoms with E-state index in [9.17, 15) is 86.9 Å². The van der Waals surface area contributed by atoms with E-state index in [1.165, 1.54) is 64.7 Å². The second-order valence-electron chi connectivity index (χ2n) is 28.0. The summed E-state index contributed by atoms with van der Waals surface area (Å²) in [4.78, 5) is 261. The van der Waals surface area contributed by atoms with Gasteiger partial charge >= 0.3 is 30.4 Å². The highest BCUT2D eigenvalue weighted by atomic mass is 16.5. The van der Waals surface area contributed by atoms with Gasteiger partial charge in [0.05, 0.1) is 44.1 Å². The van der Waals surface area contributed by atoms with Crippen molar-refractivity contribution >= 4 is 129 Å². The van der Waals surface area contributed by atoms with Crippen LogP contribution in [-0.2, 0) is 112 Å². The zero-order valence-electron chi connectivity index (χ0n) is 67.3. The molecule has 12 unspecified atom stereocenters. The van der Waals surface area contributed by atoms with Crippen molar-refractivity contribution in [2.75, 3.05) is 32.0 Å². The number of unbranched alkanes of at least 4 members (excludes halogenated alkanes) is 6. The molecule has 2 heterocycles. The number of primary amides is 1. The van der Waals surface area contributed by atoms with Crippen LogP contribution in [0, 0.1) is 23.7 Å². The Bertz CT molecular complexity index is 3910. The number of aromatic nitrogens is 1. The second-order valence-corrected chi connectivity index (χ2v) is 28.0. The molecule has 0 aliphatic carbocycles. The Hall–Kier alpha value is -12.3. The number of carboxylic acids is 1. The van der Waals surface area contributed by atoms with Gasteiger partial charge in [-0.05, 0) is 96.5 Å². The van der Waals surface area contributed by atoms with E-state index in [0.29, 0.717) is 12.8 Å². The third-order valence-electron chi connectivity index (χ3n) is 17.8. The minimum atomic E-state index is -1.94. The molecule has 0 saturated carbocycles. The first-order valence-electron chi connectivity index (χ1n) is 37.8. The summed E-state index contributed by atoms with van der Waals surface area (Å²) in [7, 11) is 0. The molecule has 3 aromatic rings. The number of carbonyl (C=O) groups is 16. The number of aliphatic hydroxyl groups is 1. The second kappa shape index (κ2) is 57.7. The quantitative estimate of drug-likeness (QED) is 0.0174. The fraction of sp³-hybridized carbons (Fsp3) is 0.551. The number of cyclic esters (lactones) is 1. The summed E-state index contributed by atoms with van der Waals surface area (Å²) >= 11 is 0. The summed E-state index contributed by atoms with van der Waals surface area (Å²) in [5, 5.41) is 45.5. The Morgan fingerprint density at radius 1 is 0.641 bits per heavy atom. The number of fused-ring (bicyclic) bond motifs is 1. The molecule has 117 heavy (non-hydrogen) atoms. The molecule has 0 bridgehead atoms. The number of nitrogens with two attached hydrogens (primary N) is 3. The normalized spacial score (nSPS) is 20.2. The summed E-state index contributed by atoms with van der Waals surface area (Å²) in [6.45, 7) is 14.9. The number of nitrogens with one attached hydrogen (secondary N) is 11. The molecule has 2 aromatic carbocycles. The SMILES string of the molecule is C=C1NC(CC(=O)c2ccccc2N)C(=O)OC(C)C(NC(=O)C(CC(C)=O)CC(=O)O)C(=O)NCC(=O)NC(CCCN)C(=O)CC(C)C(=O)NC(C)C(=O)NC(C)C(=O)NCC(=O)NC(CO)C(=O)NC1C(C)C.CCCCCCCCCC(=O)CC(Cc1c[nH]c2ccccc12)C(=O)NC(C)CC(N)=O.O=C=O.O=C=O.O=C=O. The minimum Gasteiger partial charge on any atom is -0.481 e. The van der Waals surface area contributed by atoms with Crippen molar-refractivity contribution in [2.24, 2.45) is 35.1 Å². The number of para-hydroxylation sites is 2. The Balaban J connectivity index is 0.00000269. The topological polar surface area (TPSA) is 639 Å². The van der Waals surface area contributed by atoms with Crippen LogP contribution < -0.4 is 70.4 Å². The summed E-state index contributed by atoms with van der Waals surface area (Å²) in [6, 6.07) is 3.31. The van der Waals surface area contributed by atoms with E-state index >= 15 is 0 Å². The van der Waals surface area contributed by atoms with E-state index in [1.807, 2.05) is 30.5 Å². The number of aliphatic carboxylic acids is 1. The zero-order valence-corrected chi connectivity index (χ0v) is 67.3. The van der Waals surface area contributed by atoms with E-state index in [1.54, 1.807) is 26.8 Å². The molecule has 1 aliphatic heterocycles. The predicted octanol–water partition coefficient (Wildman–Crippen LogP) is -0.452. The monoisotopic (exact) mass is 1640 g/mol. The lowest BCUT2D eigenvalue weighted by molar-refractivity contribution is -0.193. The Kier molecular flexibility index (Phi) is 51.6. The van der Waals surface area contributed by atoms with Crippen LogP contribution in [0.25, 0.3) is 10.9 Å². The van der Waals surface area contributed by atoms with Crippen LogP contribution >= 0.6 is 0 Å². The van der Waals surface area contributed by atoms with Gasteiger partial charge in [0, 0.05) is 90.5 Å². The van der Waals surface area contributed by atoms with E-state index < -0.39 is 200 Å². The number of aromatic amines is 1. The number of anilines is 1. The number of benzene rings is 2. The number of ketones is 4. The maximum atomic E-state index is 14.3. The largest absolute Gasteiger partial charge is 0.481 e. The molecule has 12 atom stereocenters. The van der Waals surface area contributed by atoms with Gasteiger partial charge in [-0.1, -0.05) is 103 Å². The molecule has 4 rings (SSSR count). The third kappa shape index (κ3) is 42.1. The zero-order chi connectivity index (χ0) is 89.0. The predicted molar refractivity (Wildman–Crippen MR) is 415 cm³/mol. The number of amides is 10. The highest BCUT2D eigenvalue weighted by molar-refractivity contribution is 6.03. The van der Waals surface area contributed by atoms with Crippen LogP contribution in [0.4, 0.5) is 5.69 Å². The van der Waals surface area contributed by atoms with E-state index in [-0.39, 0.29) is 85.4 Å². The number of ether oxygens (including phenoxy) is 1. The highest BCUT2D eigenvalue weighted by Gasteiger charge is 2.38. The van der Waals surface area contributed by atoms with Gasteiger partial charge in [-0.25, -0.2) is 4.79 Å². The van der Waals surface area contributed by atoms with Crippen LogP contribution in [0.5, 0.6) is 0 Å².